The highest BCUT2D eigenvalue weighted by molar-refractivity contribution is 6.32. The topological polar surface area (TPSA) is 221 Å². The van der Waals surface area contributed by atoms with Crippen LogP contribution < -0.4 is 28.4 Å². The SMILES string of the molecule is CC(=O)N1CCN(CCCOc2ccc(C3c4[nH]c5ccc(Cl)cc5c4CCN3C(=O)Oc3ccc(F)cc3)cc2)CC1.COCCN(CCCOc1ccc(C2c3[nH]c4ccc(Cl)cc4c3CCN2C(=O)Oc2ccc(F)cc2)cc1)CCOC.O=C(Oc1ccc(F)cc1)N1CCc2c([nH]c3ccc(Cl)cc23)C1c1ccc(OCCCN2CCOCC2)cc1. The summed E-state index contributed by atoms with van der Waals surface area (Å²) in [7, 11) is 3.41. The van der Waals surface area contributed by atoms with Gasteiger partial charge in [-0.15, -0.1) is 0 Å². The number of aromatic amines is 3. The summed E-state index contributed by atoms with van der Waals surface area (Å²) in [5, 5.41) is 5.12. The minimum absolute atomic E-state index is 0.137. The number of piperazine rings is 1. The Labute approximate surface area is 744 Å². The maximum atomic E-state index is 13.5. The van der Waals surface area contributed by atoms with Gasteiger partial charge in [-0.05, 0) is 236 Å². The van der Waals surface area contributed by atoms with E-state index in [-0.39, 0.29) is 23.2 Å². The van der Waals surface area contributed by atoms with E-state index in [1.165, 1.54) is 72.8 Å². The van der Waals surface area contributed by atoms with Crippen molar-refractivity contribution in [1.29, 1.82) is 0 Å². The van der Waals surface area contributed by atoms with Crippen LogP contribution >= 0.6 is 34.8 Å². The zero-order valence-electron chi connectivity index (χ0n) is 70.6. The van der Waals surface area contributed by atoms with E-state index in [2.05, 4.69) is 29.7 Å². The molecule has 29 heteroatoms. The maximum Gasteiger partial charge on any atom is 0.416 e. The van der Waals surface area contributed by atoms with E-state index in [0.29, 0.717) is 92.7 Å². The zero-order chi connectivity index (χ0) is 87.6. The summed E-state index contributed by atoms with van der Waals surface area (Å²) in [6.07, 6.45) is 3.09. The third-order valence-corrected chi connectivity index (χ3v) is 24.1. The van der Waals surface area contributed by atoms with E-state index < -0.39 is 48.0 Å². The molecule has 0 spiro atoms. The standard InChI is InChI=1S/C33H34ClFN4O4.C33H37ClFN3O5.C31H31ClFN3O4/c1-22(40)38-18-16-37(17-19-38)14-2-20-42-26-8-3-23(4-9-26)32-31-28(29-21-24(34)5-12-30(29)36-31)13-15-39(32)33(41)43-27-10-6-25(35)7-11-27;1-40-20-17-37(18-21-41-2)15-3-19-42-26-9-4-23(5-10-26)32-31-28(29-22-24(34)6-13-30(29)36-31)14-16-38(32)33(39)43-27-11-7-25(35)8-12-27;32-22-4-11-28-27(20-22)26-12-14-36(31(37)40-25-9-5-23(33)6-10-25)30(29(26)34-28)21-2-7-24(8-3-21)39-17-1-13-35-15-18-38-19-16-35/h3-12,21,32,36H,2,13-20H2,1H3;4-13,22,32,36H,3,14-21H2,1-2H3;2-11,20,30,34H,1,12-19H2. The molecule has 0 aliphatic carbocycles. The Balaban J connectivity index is 0.000000146. The van der Waals surface area contributed by atoms with Gasteiger partial charge in [0.25, 0.3) is 0 Å². The number of carbonyl (C=O) groups excluding carboxylic acids is 4. The molecule has 17 rings (SSSR count). The zero-order valence-corrected chi connectivity index (χ0v) is 72.8. The van der Waals surface area contributed by atoms with Crippen molar-refractivity contribution in [2.45, 2.75) is 63.6 Å². The van der Waals surface area contributed by atoms with Crippen LogP contribution in [0.15, 0.2) is 200 Å². The summed E-state index contributed by atoms with van der Waals surface area (Å²) in [5.41, 5.74) is 11.8. The molecule has 2 saturated heterocycles. The Kier molecular flexibility index (Phi) is 30.4. The van der Waals surface area contributed by atoms with Crippen molar-refractivity contribution in [3.8, 4) is 34.5 Å². The molecule has 23 nitrogen and oxygen atoms in total. The molecule has 3 N–H and O–H groups in total. The molecule has 0 radical (unpaired) electrons. The summed E-state index contributed by atoms with van der Waals surface area (Å²) in [6, 6.07) is 55.9. The van der Waals surface area contributed by atoms with Crippen molar-refractivity contribution in [2.24, 2.45) is 0 Å². The lowest BCUT2D eigenvalue weighted by Crippen LogP contribution is -2.48. The van der Waals surface area contributed by atoms with Gasteiger partial charge in [0, 0.05) is 178 Å². The largest absolute Gasteiger partial charge is 0.494 e. The quantitative estimate of drug-likeness (QED) is 0.0407. The Morgan fingerprint density at radius 2 is 0.706 bits per heavy atom. The average Bonchev–Trinajstić information content (AvgIpc) is 1.61. The second-order valence-corrected chi connectivity index (χ2v) is 32.9. The monoisotopic (exact) mass is 1780 g/mol. The number of nitrogens with one attached hydrogen (secondary N) is 3. The van der Waals surface area contributed by atoms with Crippen molar-refractivity contribution in [3.63, 3.8) is 0 Å². The molecule has 12 aromatic rings. The fourth-order valence-corrected chi connectivity index (χ4v) is 17.5. The van der Waals surface area contributed by atoms with E-state index in [1.54, 1.807) is 35.8 Å². The first kappa shape index (κ1) is 89.5. The molecule has 8 heterocycles. The fraction of sp³-hybridized carbons (Fsp3) is 0.340. The third-order valence-electron chi connectivity index (χ3n) is 23.4. The number of ether oxygens (including phenoxy) is 9. The number of nitrogens with zero attached hydrogens (tertiary/aromatic N) is 7. The van der Waals surface area contributed by atoms with Crippen LogP contribution in [0.25, 0.3) is 32.7 Å². The van der Waals surface area contributed by atoms with Gasteiger partial charge in [-0.1, -0.05) is 71.2 Å². The highest BCUT2D eigenvalue weighted by Crippen LogP contribution is 2.44. The van der Waals surface area contributed by atoms with Crippen molar-refractivity contribution in [2.75, 3.05) is 152 Å². The van der Waals surface area contributed by atoms with Gasteiger partial charge in [0.1, 0.15) is 70.1 Å². The Bertz CT molecular complexity index is 5650. The van der Waals surface area contributed by atoms with Gasteiger partial charge in [0.05, 0.1) is 46.2 Å². The number of halogens is 6. The van der Waals surface area contributed by atoms with E-state index in [9.17, 15) is 32.3 Å². The summed E-state index contributed by atoms with van der Waals surface area (Å²) < 4.78 is 91.2. The van der Waals surface area contributed by atoms with Gasteiger partial charge in [0.15, 0.2) is 0 Å². The van der Waals surface area contributed by atoms with Crippen LogP contribution in [0, 0.1) is 17.5 Å². The Morgan fingerprint density at radius 1 is 0.389 bits per heavy atom. The molecule has 2 fully saturated rings. The van der Waals surface area contributed by atoms with E-state index in [4.69, 9.17) is 77.4 Å². The molecule has 660 valence electrons. The van der Waals surface area contributed by atoms with Gasteiger partial charge < -0.3 is 62.5 Å². The second kappa shape index (κ2) is 42.8. The molecular weight excluding hydrogens is 1680 g/mol. The number of carbonyl (C=O) groups is 4. The molecule has 0 saturated carbocycles. The lowest BCUT2D eigenvalue weighted by atomic mass is 9.92. The highest BCUT2D eigenvalue weighted by atomic mass is 35.5. The predicted octanol–water partition coefficient (Wildman–Crippen LogP) is 18.7. The molecule has 126 heavy (non-hydrogen) atoms. The van der Waals surface area contributed by atoms with Crippen molar-refractivity contribution in [3.05, 3.63) is 283 Å². The summed E-state index contributed by atoms with van der Waals surface area (Å²) in [5.74, 6) is 2.11. The normalized spacial score (nSPS) is 16.4. The molecular formula is C97H102Cl3F3N10O13. The van der Waals surface area contributed by atoms with Gasteiger partial charge in [-0.25, -0.2) is 27.6 Å². The highest BCUT2D eigenvalue weighted by Gasteiger charge is 2.40. The van der Waals surface area contributed by atoms with Crippen molar-refractivity contribution in [1.82, 2.24) is 49.3 Å². The molecule has 0 bridgehead atoms. The first-order valence-corrected chi connectivity index (χ1v) is 43.8. The molecule has 9 aromatic carbocycles. The van der Waals surface area contributed by atoms with Crippen LogP contribution in [0.5, 0.6) is 34.5 Å². The number of benzene rings is 9. The molecule has 3 aromatic heterocycles. The third kappa shape index (κ3) is 22.6. The average molecular weight is 1780 g/mol. The number of hydrogen-bond donors (Lipinski definition) is 3. The van der Waals surface area contributed by atoms with Crippen molar-refractivity contribution >= 4 is 91.7 Å². The molecule has 3 atom stereocenters. The van der Waals surface area contributed by atoms with Gasteiger partial charge in [-0.3, -0.25) is 34.2 Å². The first-order valence-electron chi connectivity index (χ1n) is 42.7. The lowest BCUT2D eigenvalue weighted by Gasteiger charge is -2.35. The molecule has 5 aliphatic heterocycles. The van der Waals surface area contributed by atoms with Gasteiger partial charge in [-0.2, -0.15) is 0 Å². The second-order valence-electron chi connectivity index (χ2n) is 31.6. The van der Waals surface area contributed by atoms with Gasteiger partial charge >= 0.3 is 18.3 Å². The van der Waals surface area contributed by atoms with Crippen LogP contribution in [0.3, 0.4) is 0 Å². The number of morpholine rings is 1. The summed E-state index contributed by atoms with van der Waals surface area (Å²) in [4.78, 5) is 76.6. The fourth-order valence-electron chi connectivity index (χ4n) is 17.0. The Morgan fingerprint density at radius 3 is 1.03 bits per heavy atom. The van der Waals surface area contributed by atoms with Crippen LogP contribution in [-0.2, 0) is 38.3 Å². The number of aromatic nitrogens is 3. The number of rotatable bonds is 27. The van der Waals surface area contributed by atoms with Crippen LogP contribution in [0.2, 0.25) is 15.1 Å². The van der Waals surface area contributed by atoms with E-state index in [1.807, 2.05) is 132 Å². The van der Waals surface area contributed by atoms with Crippen LogP contribution in [0.1, 0.15) is 94.8 Å². The molecule has 4 amide bonds. The Hall–Kier alpha value is -11.3. The predicted molar refractivity (Wildman–Crippen MR) is 480 cm³/mol. The molecule has 3 unspecified atom stereocenters. The summed E-state index contributed by atoms with van der Waals surface area (Å²) in [6.45, 7) is 17.4. The lowest BCUT2D eigenvalue weighted by molar-refractivity contribution is -0.130. The number of methoxy groups -OCH3 is 2. The minimum atomic E-state index is -0.511. The maximum absolute atomic E-state index is 13.5. The van der Waals surface area contributed by atoms with Crippen molar-refractivity contribution < 1.29 is 75.0 Å². The number of amides is 4. The van der Waals surface area contributed by atoms with Crippen LogP contribution in [0.4, 0.5) is 27.6 Å². The summed E-state index contributed by atoms with van der Waals surface area (Å²) >= 11 is 19.0. The van der Waals surface area contributed by atoms with E-state index >= 15 is 0 Å². The number of hydrogen-bond acceptors (Lipinski definition) is 16. The molecule has 5 aliphatic rings. The first-order chi connectivity index (χ1) is 61.4. The number of fused-ring (bicyclic) bond motifs is 9. The van der Waals surface area contributed by atoms with Crippen LogP contribution in [-0.4, -0.2) is 226 Å². The van der Waals surface area contributed by atoms with Gasteiger partial charge in [0.2, 0.25) is 5.91 Å². The number of H-pyrrole nitrogens is 3. The smallest absolute Gasteiger partial charge is 0.416 e. The minimum Gasteiger partial charge on any atom is -0.494 e. The van der Waals surface area contributed by atoms with E-state index in [0.717, 1.165) is 205 Å².